The smallest absolute Gasteiger partial charge is 0.121 e. The van der Waals surface area contributed by atoms with Gasteiger partial charge in [0.25, 0.3) is 0 Å². The zero-order valence-corrected chi connectivity index (χ0v) is 18.5. The van der Waals surface area contributed by atoms with Crippen molar-refractivity contribution in [2.24, 2.45) is 11.8 Å². The van der Waals surface area contributed by atoms with Gasteiger partial charge >= 0.3 is 0 Å². The molecule has 0 radical (unpaired) electrons. The molecule has 1 unspecified atom stereocenters. The zero-order chi connectivity index (χ0) is 20.2. The molecule has 28 heavy (non-hydrogen) atoms. The third-order valence-corrected chi connectivity index (χ3v) is 5.97. The quantitative estimate of drug-likeness (QED) is 0.320. The SMILES string of the molecule is CCCCCCCCC(C(C)C)C(OCC)(c1ccccc1)c1ccccc1. The zero-order valence-electron chi connectivity index (χ0n) is 18.5. The molecule has 1 heteroatoms. The topological polar surface area (TPSA) is 9.23 Å². The van der Waals surface area contributed by atoms with Crippen LogP contribution < -0.4 is 0 Å². The molecule has 0 heterocycles. The molecule has 2 aromatic rings. The van der Waals surface area contributed by atoms with Gasteiger partial charge in [0.1, 0.15) is 5.60 Å². The van der Waals surface area contributed by atoms with E-state index in [1.165, 1.54) is 56.1 Å². The molecular formula is C27H40O. The maximum absolute atomic E-state index is 6.72. The first-order valence-corrected chi connectivity index (χ1v) is 11.4. The van der Waals surface area contributed by atoms with Crippen molar-refractivity contribution in [1.82, 2.24) is 0 Å². The van der Waals surface area contributed by atoms with E-state index < -0.39 is 0 Å². The molecule has 0 aromatic heterocycles. The van der Waals surface area contributed by atoms with Crippen molar-refractivity contribution in [2.45, 2.75) is 78.2 Å². The molecule has 0 aliphatic carbocycles. The fourth-order valence-electron chi connectivity index (χ4n) is 4.62. The summed E-state index contributed by atoms with van der Waals surface area (Å²) in [5, 5.41) is 0. The standard InChI is InChI=1S/C27H40O/c1-5-7-8-9-10-17-22-26(23(3)4)27(28-6-2,24-18-13-11-14-19-24)25-20-15-12-16-21-25/h11-16,18-21,23,26H,5-10,17,22H2,1-4H3. The highest BCUT2D eigenvalue weighted by atomic mass is 16.5. The second-order valence-corrected chi connectivity index (χ2v) is 8.31. The number of hydrogen-bond acceptors (Lipinski definition) is 1. The van der Waals surface area contributed by atoms with E-state index in [-0.39, 0.29) is 5.60 Å². The van der Waals surface area contributed by atoms with Gasteiger partial charge in [-0.15, -0.1) is 0 Å². The Balaban J connectivity index is 2.36. The van der Waals surface area contributed by atoms with Gasteiger partial charge in [-0.25, -0.2) is 0 Å². The highest BCUT2D eigenvalue weighted by Crippen LogP contribution is 2.46. The lowest BCUT2D eigenvalue weighted by molar-refractivity contribution is -0.0739. The molecule has 1 nitrogen and oxygen atoms in total. The number of benzene rings is 2. The van der Waals surface area contributed by atoms with E-state index in [1.807, 2.05) is 0 Å². The summed E-state index contributed by atoms with van der Waals surface area (Å²) >= 11 is 0. The van der Waals surface area contributed by atoms with Crippen LogP contribution in [0.2, 0.25) is 0 Å². The van der Waals surface area contributed by atoms with Crippen LogP contribution >= 0.6 is 0 Å². The molecule has 0 saturated carbocycles. The molecule has 154 valence electrons. The van der Waals surface area contributed by atoms with Gasteiger partial charge in [0.2, 0.25) is 0 Å². The van der Waals surface area contributed by atoms with Crippen molar-refractivity contribution < 1.29 is 4.74 Å². The molecule has 0 aliphatic heterocycles. The molecule has 0 bridgehead atoms. The molecule has 0 fully saturated rings. The second-order valence-electron chi connectivity index (χ2n) is 8.31. The van der Waals surface area contributed by atoms with Gasteiger partial charge in [0, 0.05) is 6.61 Å². The van der Waals surface area contributed by atoms with E-state index in [0.717, 1.165) is 0 Å². The predicted octanol–water partition coefficient (Wildman–Crippen LogP) is 7.99. The summed E-state index contributed by atoms with van der Waals surface area (Å²) in [6.45, 7) is 9.85. The summed E-state index contributed by atoms with van der Waals surface area (Å²) in [5.74, 6) is 0.992. The molecular weight excluding hydrogens is 340 g/mol. The van der Waals surface area contributed by atoms with E-state index in [1.54, 1.807) is 0 Å². The Morgan fingerprint density at radius 2 is 1.21 bits per heavy atom. The molecule has 0 amide bonds. The fraction of sp³-hybridized carbons (Fsp3) is 0.556. The highest BCUT2D eigenvalue weighted by molar-refractivity contribution is 5.37. The van der Waals surface area contributed by atoms with Crippen LogP contribution in [0.25, 0.3) is 0 Å². The highest BCUT2D eigenvalue weighted by Gasteiger charge is 2.43. The number of ether oxygens (including phenoxy) is 1. The Kier molecular flexibility index (Phi) is 9.78. The van der Waals surface area contributed by atoms with Crippen molar-refractivity contribution in [1.29, 1.82) is 0 Å². The van der Waals surface area contributed by atoms with Crippen LogP contribution in [-0.2, 0) is 10.3 Å². The summed E-state index contributed by atoms with van der Waals surface area (Å²) in [4.78, 5) is 0. The molecule has 0 saturated heterocycles. The van der Waals surface area contributed by atoms with Crippen LogP contribution in [0.1, 0.15) is 83.8 Å². The van der Waals surface area contributed by atoms with E-state index in [9.17, 15) is 0 Å². The largest absolute Gasteiger partial charge is 0.366 e. The number of unbranched alkanes of at least 4 members (excludes halogenated alkanes) is 5. The summed E-state index contributed by atoms with van der Waals surface area (Å²) in [6.07, 6.45) is 9.21. The Bertz CT molecular complexity index is 592. The third-order valence-electron chi connectivity index (χ3n) is 5.97. The molecule has 0 N–H and O–H groups in total. The van der Waals surface area contributed by atoms with Crippen molar-refractivity contribution in [3.63, 3.8) is 0 Å². The molecule has 1 atom stereocenters. The van der Waals surface area contributed by atoms with Crippen molar-refractivity contribution in [3.8, 4) is 0 Å². The first kappa shape index (κ1) is 22.7. The maximum Gasteiger partial charge on any atom is 0.121 e. The summed E-state index contributed by atoms with van der Waals surface area (Å²) < 4.78 is 6.72. The van der Waals surface area contributed by atoms with Crippen LogP contribution in [0, 0.1) is 11.8 Å². The lowest BCUT2D eigenvalue weighted by Gasteiger charge is -2.44. The van der Waals surface area contributed by atoms with Crippen LogP contribution in [0.3, 0.4) is 0 Å². The average molecular weight is 381 g/mol. The van der Waals surface area contributed by atoms with Crippen molar-refractivity contribution >= 4 is 0 Å². The van der Waals surface area contributed by atoms with Gasteiger partial charge in [-0.2, -0.15) is 0 Å². The van der Waals surface area contributed by atoms with E-state index in [0.29, 0.717) is 18.4 Å². The van der Waals surface area contributed by atoms with E-state index >= 15 is 0 Å². The Labute approximate surface area is 173 Å². The second kappa shape index (κ2) is 12.1. The van der Waals surface area contributed by atoms with Gasteiger partial charge in [0.15, 0.2) is 0 Å². The molecule has 0 aliphatic rings. The van der Waals surface area contributed by atoms with Crippen LogP contribution in [0.4, 0.5) is 0 Å². The van der Waals surface area contributed by atoms with Crippen LogP contribution in [0.5, 0.6) is 0 Å². The third kappa shape index (κ3) is 5.70. The Morgan fingerprint density at radius 3 is 1.68 bits per heavy atom. The van der Waals surface area contributed by atoms with Crippen LogP contribution in [0.15, 0.2) is 60.7 Å². The van der Waals surface area contributed by atoms with Gasteiger partial charge in [0.05, 0.1) is 0 Å². The number of rotatable bonds is 13. The Hall–Kier alpha value is -1.60. The molecule has 0 spiro atoms. The van der Waals surface area contributed by atoms with Crippen molar-refractivity contribution in [2.75, 3.05) is 6.61 Å². The van der Waals surface area contributed by atoms with Gasteiger partial charge in [-0.3, -0.25) is 0 Å². The van der Waals surface area contributed by atoms with Gasteiger partial charge in [-0.1, -0.05) is 120 Å². The minimum absolute atomic E-state index is 0.380. The monoisotopic (exact) mass is 380 g/mol. The minimum Gasteiger partial charge on any atom is -0.366 e. The van der Waals surface area contributed by atoms with Gasteiger partial charge < -0.3 is 4.74 Å². The first-order valence-electron chi connectivity index (χ1n) is 11.4. The maximum atomic E-state index is 6.72. The first-order chi connectivity index (χ1) is 13.7. The summed E-state index contributed by atoms with van der Waals surface area (Å²) in [6, 6.07) is 21.8. The average Bonchev–Trinajstić information content (AvgIpc) is 2.73. The lowest BCUT2D eigenvalue weighted by atomic mass is 9.69. The summed E-state index contributed by atoms with van der Waals surface area (Å²) in [7, 11) is 0. The fourth-order valence-corrected chi connectivity index (χ4v) is 4.62. The van der Waals surface area contributed by atoms with Gasteiger partial charge in [-0.05, 0) is 36.3 Å². The number of hydrogen-bond donors (Lipinski definition) is 0. The minimum atomic E-state index is -0.380. The van der Waals surface area contributed by atoms with E-state index in [2.05, 4.69) is 88.4 Å². The normalized spacial score (nSPS) is 13.0. The Morgan fingerprint density at radius 1 is 0.714 bits per heavy atom. The van der Waals surface area contributed by atoms with E-state index in [4.69, 9.17) is 4.74 Å². The molecule has 2 aromatic carbocycles. The lowest BCUT2D eigenvalue weighted by Crippen LogP contribution is -2.42. The molecule has 2 rings (SSSR count). The predicted molar refractivity (Wildman–Crippen MR) is 122 cm³/mol. The summed E-state index contributed by atoms with van der Waals surface area (Å²) in [5.41, 5.74) is 2.19. The van der Waals surface area contributed by atoms with Crippen molar-refractivity contribution in [3.05, 3.63) is 71.8 Å². The van der Waals surface area contributed by atoms with Crippen LogP contribution in [-0.4, -0.2) is 6.61 Å².